The summed E-state index contributed by atoms with van der Waals surface area (Å²) in [5.74, 6) is 0.853. The van der Waals surface area contributed by atoms with Gasteiger partial charge in [-0.25, -0.2) is 13.6 Å². The molecule has 0 fully saturated rings. The highest BCUT2D eigenvalue weighted by atomic mass is 32.2. The second-order valence-electron chi connectivity index (χ2n) is 4.99. The number of benzene rings is 2. The van der Waals surface area contributed by atoms with Gasteiger partial charge in [-0.15, -0.1) is 0 Å². The fourth-order valence-corrected chi connectivity index (χ4v) is 2.40. The molecule has 3 N–H and O–H groups in total. The van der Waals surface area contributed by atoms with Gasteiger partial charge in [-0.1, -0.05) is 0 Å². The summed E-state index contributed by atoms with van der Waals surface area (Å²) in [5, 5.41) is 7.66. The predicted octanol–water partition coefficient (Wildman–Crippen LogP) is 1.75. The Balaban J connectivity index is 1.98. The molecule has 0 aliphatic carbocycles. The fourth-order valence-electron chi connectivity index (χ4n) is 1.88. The van der Waals surface area contributed by atoms with E-state index >= 15 is 0 Å². The van der Waals surface area contributed by atoms with Crippen LogP contribution in [-0.4, -0.2) is 27.5 Å². The summed E-state index contributed by atoms with van der Waals surface area (Å²) in [5.41, 5.74) is 0.442. The molecule has 8 heteroatoms. The van der Waals surface area contributed by atoms with Gasteiger partial charge < -0.3 is 14.8 Å². The van der Waals surface area contributed by atoms with Gasteiger partial charge in [0, 0.05) is 5.69 Å². The average molecular weight is 350 g/mol. The maximum absolute atomic E-state index is 12.1. The molecular formula is C16H18N2O5S. The first-order valence-electron chi connectivity index (χ1n) is 7.04. The van der Waals surface area contributed by atoms with E-state index in [4.69, 9.17) is 14.6 Å². The second-order valence-corrected chi connectivity index (χ2v) is 6.56. The molecule has 1 atom stereocenters. The van der Waals surface area contributed by atoms with Crippen LogP contribution in [-0.2, 0) is 14.8 Å². The minimum atomic E-state index is -3.76. The fraction of sp³-hybridized carbons (Fsp3) is 0.188. The molecule has 0 heterocycles. The molecule has 0 aromatic heterocycles. The largest absolute Gasteiger partial charge is 0.497 e. The van der Waals surface area contributed by atoms with Crippen molar-refractivity contribution >= 4 is 21.6 Å². The molecule has 0 saturated heterocycles. The number of anilines is 1. The van der Waals surface area contributed by atoms with Crippen LogP contribution in [0.25, 0.3) is 0 Å². The molecule has 0 saturated carbocycles. The first-order valence-corrected chi connectivity index (χ1v) is 8.58. The Morgan fingerprint density at radius 1 is 1.04 bits per heavy atom. The molecule has 7 nitrogen and oxygen atoms in total. The summed E-state index contributed by atoms with van der Waals surface area (Å²) >= 11 is 0. The first-order chi connectivity index (χ1) is 11.3. The van der Waals surface area contributed by atoms with Crippen molar-refractivity contribution in [2.24, 2.45) is 5.14 Å². The Hall–Kier alpha value is -2.58. The van der Waals surface area contributed by atoms with Gasteiger partial charge in [-0.2, -0.15) is 0 Å². The molecule has 1 unspecified atom stereocenters. The first kappa shape index (κ1) is 17.8. The van der Waals surface area contributed by atoms with Crippen LogP contribution in [0.4, 0.5) is 5.69 Å². The van der Waals surface area contributed by atoms with Crippen LogP contribution in [0.5, 0.6) is 11.5 Å². The molecular weight excluding hydrogens is 332 g/mol. The normalized spacial score (nSPS) is 12.3. The van der Waals surface area contributed by atoms with E-state index in [1.807, 2.05) is 0 Å². The molecule has 0 spiro atoms. The molecule has 2 rings (SSSR count). The number of nitrogens with one attached hydrogen (secondary N) is 1. The van der Waals surface area contributed by atoms with Crippen LogP contribution in [0.2, 0.25) is 0 Å². The van der Waals surface area contributed by atoms with Crippen LogP contribution >= 0.6 is 0 Å². The molecule has 1 amide bonds. The third-order valence-corrected chi connectivity index (χ3v) is 4.12. The van der Waals surface area contributed by atoms with Crippen LogP contribution < -0.4 is 19.9 Å². The van der Waals surface area contributed by atoms with E-state index in [1.165, 1.54) is 24.3 Å². The van der Waals surface area contributed by atoms with Crippen molar-refractivity contribution in [2.75, 3.05) is 12.4 Å². The Bertz CT molecular complexity index is 801. The van der Waals surface area contributed by atoms with Gasteiger partial charge >= 0.3 is 0 Å². The number of hydrogen-bond donors (Lipinski definition) is 2. The van der Waals surface area contributed by atoms with Crippen LogP contribution in [0.3, 0.4) is 0 Å². The minimum absolute atomic E-state index is 0.0250. The average Bonchev–Trinajstić information content (AvgIpc) is 2.55. The van der Waals surface area contributed by atoms with Crippen LogP contribution in [0.1, 0.15) is 6.92 Å². The van der Waals surface area contributed by atoms with E-state index in [0.29, 0.717) is 17.2 Å². The van der Waals surface area contributed by atoms with Crippen molar-refractivity contribution in [3.05, 3.63) is 48.5 Å². The lowest BCUT2D eigenvalue weighted by Gasteiger charge is -2.15. The standard InChI is InChI=1S/C16H18N2O5S/c1-11(23-14-7-5-13(22-2)6-8-14)16(19)18-12-3-9-15(10-4-12)24(17,20)21/h3-11H,1-2H3,(H,18,19)(H2,17,20,21). The number of ether oxygens (including phenoxy) is 2. The molecule has 2 aromatic rings. The second kappa shape index (κ2) is 7.33. The molecule has 0 aliphatic rings. The summed E-state index contributed by atoms with van der Waals surface area (Å²) in [4.78, 5) is 12.1. The van der Waals surface area contributed by atoms with Crippen molar-refractivity contribution in [2.45, 2.75) is 17.9 Å². The number of carbonyl (C=O) groups excluding carboxylic acids is 1. The van der Waals surface area contributed by atoms with Gasteiger partial charge in [0.1, 0.15) is 11.5 Å². The van der Waals surface area contributed by atoms with E-state index in [0.717, 1.165) is 0 Å². The number of sulfonamides is 1. The van der Waals surface area contributed by atoms with Gasteiger partial charge in [0.15, 0.2) is 6.10 Å². The number of amides is 1. The molecule has 0 aliphatic heterocycles. The summed E-state index contributed by atoms with van der Waals surface area (Å²) in [7, 11) is -2.20. The summed E-state index contributed by atoms with van der Waals surface area (Å²) in [6.45, 7) is 1.61. The maximum Gasteiger partial charge on any atom is 0.265 e. The molecule has 0 bridgehead atoms. The van der Waals surface area contributed by atoms with Crippen molar-refractivity contribution in [3.8, 4) is 11.5 Å². The molecule has 0 radical (unpaired) electrons. The highest BCUT2D eigenvalue weighted by Crippen LogP contribution is 2.19. The highest BCUT2D eigenvalue weighted by Gasteiger charge is 2.15. The van der Waals surface area contributed by atoms with E-state index < -0.39 is 16.1 Å². The zero-order chi connectivity index (χ0) is 17.7. The van der Waals surface area contributed by atoms with Gasteiger partial charge in [-0.3, -0.25) is 4.79 Å². The van der Waals surface area contributed by atoms with E-state index in [-0.39, 0.29) is 10.8 Å². The third-order valence-electron chi connectivity index (χ3n) is 3.19. The van der Waals surface area contributed by atoms with Gasteiger partial charge in [0.05, 0.1) is 12.0 Å². The monoisotopic (exact) mass is 350 g/mol. The predicted molar refractivity (Wildman–Crippen MR) is 89.5 cm³/mol. The Morgan fingerprint density at radius 2 is 1.58 bits per heavy atom. The van der Waals surface area contributed by atoms with E-state index in [2.05, 4.69) is 5.32 Å². The van der Waals surface area contributed by atoms with Crippen molar-refractivity contribution in [3.63, 3.8) is 0 Å². The molecule has 2 aromatic carbocycles. The minimum Gasteiger partial charge on any atom is -0.497 e. The number of rotatable bonds is 6. The van der Waals surface area contributed by atoms with Gasteiger partial charge in [-0.05, 0) is 55.5 Å². The Morgan fingerprint density at radius 3 is 2.08 bits per heavy atom. The lowest BCUT2D eigenvalue weighted by atomic mass is 10.3. The van der Waals surface area contributed by atoms with E-state index in [9.17, 15) is 13.2 Å². The summed E-state index contributed by atoms with van der Waals surface area (Å²) < 4.78 is 33.0. The van der Waals surface area contributed by atoms with Crippen molar-refractivity contribution < 1.29 is 22.7 Å². The van der Waals surface area contributed by atoms with Gasteiger partial charge in [0.2, 0.25) is 10.0 Å². The SMILES string of the molecule is COc1ccc(OC(C)C(=O)Nc2ccc(S(N)(=O)=O)cc2)cc1. The van der Waals surface area contributed by atoms with Crippen molar-refractivity contribution in [1.29, 1.82) is 0 Å². The zero-order valence-corrected chi connectivity index (χ0v) is 14.0. The Kier molecular flexibility index (Phi) is 5.42. The van der Waals surface area contributed by atoms with Crippen LogP contribution in [0, 0.1) is 0 Å². The summed E-state index contributed by atoms with van der Waals surface area (Å²) in [6.07, 6.45) is -0.740. The molecule has 24 heavy (non-hydrogen) atoms. The van der Waals surface area contributed by atoms with Crippen molar-refractivity contribution in [1.82, 2.24) is 0 Å². The topological polar surface area (TPSA) is 108 Å². The zero-order valence-electron chi connectivity index (χ0n) is 13.2. The number of primary sulfonamides is 1. The van der Waals surface area contributed by atoms with Crippen LogP contribution in [0.15, 0.2) is 53.4 Å². The number of methoxy groups -OCH3 is 1. The maximum atomic E-state index is 12.1. The smallest absolute Gasteiger partial charge is 0.265 e. The van der Waals surface area contributed by atoms with Gasteiger partial charge in [0.25, 0.3) is 5.91 Å². The third kappa shape index (κ3) is 4.71. The number of hydrogen-bond acceptors (Lipinski definition) is 5. The Labute approximate surface area is 140 Å². The number of nitrogens with two attached hydrogens (primary N) is 1. The molecule has 128 valence electrons. The lowest BCUT2D eigenvalue weighted by Crippen LogP contribution is -2.30. The summed E-state index contributed by atoms with van der Waals surface area (Å²) in [6, 6.07) is 12.4. The van der Waals surface area contributed by atoms with E-state index in [1.54, 1.807) is 38.3 Å². The lowest BCUT2D eigenvalue weighted by molar-refractivity contribution is -0.122. The quantitative estimate of drug-likeness (QED) is 0.825. The number of carbonyl (C=O) groups is 1. The highest BCUT2D eigenvalue weighted by molar-refractivity contribution is 7.89.